The van der Waals surface area contributed by atoms with Crippen LogP contribution in [-0.2, 0) is 27.2 Å². The lowest BCUT2D eigenvalue weighted by atomic mass is 9.98. The van der Waals surface area contributed by atoms with Gasteiger partial charge in [-0.2, -0.15) is 0 Å². The predicted octanol–water partition coefficient (Wildman–Crippen LogP) is 4.70. The van der Waals surface area contributed by atoms with E-state index in [0.29, 0.717) is 18.4 Å². The topological polar surface area (TPSA) is 70.2 Å². The van der Waals surface area contributed by atoms with E-state index in [-0.39, 0.29) is 37.0 Å². The molecule has 4 aromatic rings. The molecule has 218 valence electrons. The van der Waals surface area contributed by atoms with Gasteiger partial charge in [0.1, 0.15) is 12.6 Å². The summed E-state index contributed by atoms with van der Waals surface area (Å²) in [6, 6.07) is 32.0. The van der Waals surface area contributed by atoms with E-state index >= 15 is 0 Å². The van der Waals surface area contributed by atoms with Crippen LogP contribution < -0.4 is 0 Å². The van der Waals surface area contributed by atoms with Gasteiger partial charge in [0.25, 0.3) is 5.91 Å². The summed E-state index contributed by atoms with van der Waals surface area (Å²) in [6.45, 7) is 0.100. The van der Waals surface area contributed by atoms with Crippen molar-refractivity contribution in [1.29, 1.82) is 0 Å². The number of amides is 3. The van der Waals surface area contributed by atoms with Gasteiger partial charge < -0.3 is 19.4 Å². The molecule has 0 aromatic heterocycles. The van der Waals surface area contributed by atoms with Crippen LogP contribution in [0.4, 0.5) is 0 Å². The molecule has 2 atom stereocenters. The maximum atomic E-state index is 14.3. The summed E-state index contributed by atoms with van der Waals surface area (Å²) >= 11 is 0. The molecule has 42 heavy (non-hydrogen) atoms. The second-order valence-corrected chi connectivity index (χ2v) is 10.8. The average Bonchev–Trinajstić information content (AvgIpc) is 3.02. The molecule has 0 aliphatic rings. The average molecular weight is 566 g/mol. The fourth-order valence-electron chi connectivity index (χ4n) is 4.93. The highest BCUT2D eigenvalue weighted by atomic mass is 16.5. The molecular weight excluding hydrogens is 526 g/mol. The fourth-order valence-corrected chi connectivity index (χ4v) is 4.93. The standard InChI is InChI=1S/C35H39N3O4/c1-36(2)33(39)25-42-24-31(22-26-13-7-5-8-14-26)37(3)35(41)32(38(4)34(40)29-16-9-6-10-17-29)23-27-19-20-28-15-11-12-18-30(28)21-27/h5-21,31-32H,22-25H2,1-4H3/t31-,32-/m1/s1. The van der Waals surface area contributed by atoms with Gasteiger partial charge in [-0.05, 0) is 40.5 Å². The lowest BCUT2D eigenvalue weighted by Crippen LogP contribution is -2.53. The SMILES string of the molecule is CN(C)C(=O)COC[C@@H](Cc1ccccc1)N(C)C(=O)[C@@H](Cc1ccc2ccccc2c1)N(C)C(=O)c1ccccc1. The van der Waals surface area contributed by atoms with Gasteiger partial charge in [-0.1, -0.05) is 91.0 Å². The van der Waals surface area contributed by atoms with Crippen LogP contribution in [0, 0.1) is 0 Å². The molecule has 0 unspecified atom stereocenters. The van der Waals surface area contributed by atoms with E-state index in [1.165, 1.54) is 4.90 Å². The number of hydrogen-bond acceptors (Lipinski definition) is 4. The number of fused-ring (bicyclic) bond motifs is 1. The first-order valence-corrected chi connectivity index (χ1v) is 14.1. The second kappa shape index (κ2) is 14.4. The van der Waals surface area contributed by atoms with Crippen LogP contribution in [0.25, 0.3) is 10.8 Å². The zero-order chi connectivity index (χ0) is 30.1. The monoisotopic (exact) mass is 565 g/mol. The summed E-state index contributed by atoms with van der Waals surface area (Å²) in [7, 11) is 6.80. The van der Waals surface area contributed by atoms with E-state index in [9.17, 15) is 14.4 Å². The number of likely N-dealkylation sites (N-methyl/N-ethyl adjacent to an activating group) is 3. The van der Waals surface area contributed by atoms with E-state index in [1.54, 1.807) is 50.1 Å². The zero-order valence-electron chi connectivity index (χ0n) is 24.8. The summed E-state index contributed by atoms with van der Waals surface area (Å²) in [5, 5.41) is 2.19. The van der Waals surface area contributed by atoms with Crippen LogP contribution in [0.1, 0.15) is 21.5 Å². The highest BCUT2D eigenvalue weighted by Crippen LogP contribution is 2.21. The Morgan fingerprint density at radius 1 is 0.667 bits per heavy atom. The van der Waals surface area contributed by atoms with Crippen molar-refractivity contribution in [2.45, 2.75) is 24.9 Å². The quantitative estimate of drug-likeness (QED) is 0.250. The van der Waals surface area contributed by atoms with Gasteiger partial charge in [0.15, 0.2) is 0 Å². The van der Waals surface area contributed by atoms with E-state index < -0.39 is 6.04 Å². The van der Waals surface area contributed by atoms with Crippen LogP contribution in [0.15, 0.2) is 103 Å². The number of hydrogen-bond donors (Lipinski definition) is 0. The molecule has 0 aliphatic heterocycles. The normalized spacial score (nSPS) is 12.4. The van der Waals surface area contributed by atoms with E-state index in [0.717, 1.165) is 21.9 Å². The molecule has 0 bridgehead atoms. The van der Waals surface area contributed by atoms with Crippen molar-refractivity contribution in [3.63, 3.8) is 0 Å². The Kier molecular flexibility index (Phi) is 10.5. The molecule has 0 N–H and O–H groups in total. The van der Waals surface area contributed by atoms with Gasteiger partial charge in [0, 0.05) is 40.2 Å². The minimum atomic E-state index is -0.759. The van der Waals surface area contributed by atoms with Gasteiger partial charge in [-0.3, -0.25) is 14.4 Å². The van der Waals surface area contributed by atoms with Crippen molar-refractivity contribution in [3.8, 4) is 0 Å². The van der Waals surface area contributed by atoms with Crippen LogP contribution in [0.5, 0.6) is 0 Å². The van der Waals surface area contributed by atoms with Crippen molar-refractivity contribution < 1.29 is 19.1 Å². The summed E-state index contributed by atoms with van der Waals surface area (Å²) in [4.78, 5) is 44.8. The van der Waals surface area contributed by atoms with Crippen LogP contribution in [-0.4, -0.2) is 85.9 Å². The molecule has 0 aliphatic carbocycles. The highest BCUT2D eigenvalue weighted by molar-refractivity contribution is 5.97. The highest BCUT2D eigenvalue weighted by Gasteiger charge is 2.33. The summed E-state index contributed by atoms with van der Waals surface area (Å²) in [6.07, 6.45) is 0.888. The Bertz CT molecular complexity index is 1490. The van der Waals surface area contributed by atoms with Crippen LogP contribution in [0.3, 0.4) is 0 Å². The lowest BCUT2D eigenvalue weighted by Gasteiger charge is -2.35. The number of ether oxygens (including phenoxy) is 1. The molecular formula is C35H39N3O4. The lowest BCUT2D eigenvalue weighted by molar-refractivity contribution is -0.139. The Morgan fingerprint density at radius 2 is 1.29 bits per heavy atom. The first-order valence-electron chi connectivity index (χ1n) is 14.1. The number of nitrogens with zero attached hydrogens (tertiary/aromatic N) is 3. The second-order valence-electron chi connectivity index (χ2n) is 10.8. The van der Waals surface area contributed by atoms with E-state index in [1.807, 2.05) is 78.9 Å². The predicted molar refractivity (Wildman–Crippen MR) is 166 cm³/mol. The van der Waals surface area contributed by atoms with Crippen LogP contribution in [0.2, 0.25) is 0 Å². The minimum Gasteiger partial charge on any atom is -0.369 e. The molecule has 0 radical (unpaired) electrons. The first-order chi connectivity index (χ1) is 20.2. The first kappa shape index (κ1) is 30.5. The van der Waals surface area contributed by atoms with Gasteiger partial charge in [-0.15, -0.1) is 0 Å². The fraction of sp³-hybridized carbons (Fsp3) is 0.286. The Morgan fingerprint density at radius 3 is 1.95 bits per heavy atom. The van der Waals surface area contributed by atoms with E-state index in [2.05, 4.69) is 12.1 Å². The molecule has 7 heteroatoms. The molecule has 7 nitrogen and oxygen atoms in total. The third-order valence-electron chi connectivity index (χ3n) is 7.58. The molecule has 0 heterocycles. The Balaban J connectivity index is 1.63. The molecule has 4 rings (SSSR count). The van der Waals surface area contributed by atoms with Gasteiger partial charge in [0.2, 0.25) is 11.8 Å². The molecule has 3 amide bonds. The molecule has 0 fully saturated rings. The van der Waals surface area contributed by atoms with Crippen LogP contribution >= 0.6 is 0 Å². The minimum absolute atomic E-state index is 0.0762. The number of benzene rings is 4. The zero-order valence-corrected chi connectivity index (χ0v) is 24.8. The van der Waals surface area contributed by atoms with Crippen molar-refractivity contribution in [2.24, 2.45) is 0 Å². The third kappa shape index (κ3) is 7.83. The van der Waals surface area contributed by atoms with Gasteiger partial charge in [0.05, 0.1) is 12.6 Å². The maximum absolute atomic E-state index is 14.3. The third-order valence-corrected chi connectivity index (χ3v) is 7.58. The summed E-state index contributed by atoms with van der Waals surface area (Å²) < 4.78 is 5.82. The van der Waals surface area contributed by atoms with Crippen molar-refractivity contribution in [1.82, 2.24) is 14.7 Å². The molecule has 0 spiro atoms. The number of carbonyl (C=O) groups excluding carboxylic acids is 3. The van der Waals surface area contributed by atoms with Gasteiger partial charge in [-0.25, -0.2) is 0 Å². The van der Waals surface area contributed by atoms with Gasteiger partial charge >= 0.3 is 0 Å². The Hall–Kier alpha value is -4.49. The maximum Gasteiger partial charge on any atom is 0.254 e. The van der Waals surface area contributed by atoms with Crippen molar-refractivity contribution in [2.75, 3.05) is 41.4 Å². The summed E-state index contributed by atoms with van der Waals surface area (Å²) in [5.74, 6) is -0.571. The Labute approximate surface area is 248 Å². The summed E-state index contributed by atoms with van der Waals surface area (Å²) in [5.41, 5.74) is 2.52. The number of rotatable bonds is 12. The molecule has 4 aromatic carbocycles. The number of carbonyl (C=O) groups is 3. The molecule has 0 saturated carbocycles. The smallest absolute Gasteiger partial charge is 0.254 e. The largest absolute Gasteiger partial charge is 0.369 e. The van der Waals surface area contributed by atoms with Crippen molar-refractivity contribution in [3.05, 3.63) is 120 Å². The van der Waals surface area contributed by atoms with Crippen molar-refractivity contribution >= 4 is 28.5 Å². The molecule has 0 saturated heterocycles. The van der Waals surface area contributed by atoms with E-state index in [4.69, 9.17) is 4.74 Å².